The molecule has 0 aliphatic carbocycles. The zero-order valence-corrected chi connectivity index (χ0v) is 20.5. The predicted octanol–water partition coefficient (Wildman–Crippen LogP) is 5.52. The number of aliphatic hydroxyl groups excluding tert-OH is 1. The molecule has 0 saturated carbocycles. The van der Waals surface area contributed by atoms with Crippen LogP contribution in [0.1, 0.15) is 33.6 Å². The van der Waals surface area contributed by atoms with E-state index in [0.29, 0.717) is 29.3 Å². The summed E-state index contributed by atoms with van der Waals surface area (Å²) < 4.78 is 74.3. The van der Waals surface area contributed by atoms with Crippen molar-refractivity contribution in [1.29, 1.82) is 0 Å². The van der Waals surface area contributed by atoms with E-state index in [2.05, 4.69) is 10.3 Å². The molecule has 1 amide bonds. The Balaban J connectivity index is 1.69. The molecule has 0 radical (unpaired) electrons. The summed E-state index contributed by atoms with van der Waals surface area (Å²) >= 11 is 0. The van der Waals surface area contributed by atoms with Crippen LogP contribution in [-0.2, 0) is 17.3 Å². The molecule has 0 bridgehead atoms. The van der Waals surface area contributed by atoms with Gasteiger partial charge < -0.3 is 20.1 Å². The second kappa shape index (κ2) is 11.4. The van der Waals surface area contributed by atoms with Gasteiger partial charge in [0, 0.05) is 41.9 Å². The minimum Gasteiger partial charge on any atom is -0.396 e. The molecule has 6 nitrogen and oxygen atoms in total. The topological polar surface area (TPSA) is 74.7 Å². The van der Waals surface area contributed by atoms with Crippen molar-refractivity contribution in [2.45, 2.75) is 32.2 Å². The van der Waals surface area contributed by atoms with Crippen LogP contribution in [-0.4, -0.2) is 48.7 Å². The van der Waals surface area contributed by atoms with Gasteiger partial charge in [-0.3, -0.25) is 9.78 Å². The van der Waals surface area contributed by atoms with E-state index >= 15 is 4.39 Å². The van der Waals surface area contributed by atoms with E-state index in [-0.39, 0.29) is 49.6 Å². The summed E-state index contributed by atoms with van der Waals surface area (Å²) in [5.41, 5.74) is 1.22. The first kappa shape index (κ1) is 27.5. The second-order valence-corrected chi connectivity index (χ2v) is 8.90. The number of ether oxygens (including phenoxy) is 1. The SMILES string of the molecule is Cc1ccc(NC(=O)c2ccnc(C(F)(F)F)c2)cc1-c1cc(F)c(CCCO)c(N2CCOCC2F)c1. The third-order valence-electron chi connectivity index (χ3n) is 6.26. The average Bonchev–Trinajstić information content (AvgIpc) is 2.88. The molecule has 1 aromatic heterocycles. The highest BCUT2D eigenvalue weighted by molar-refractivity contribution is 6.04. The Morgan fingerprint density at radius 3 is 2.71 bits per heavy atom. The van der Waals surface area contributed by atoms with Gasteiger partial charge in [-0.2, -0.15) is 13.2 Å². The van der Waals surface area contributed by atoms with Crippen LogP contribution in [0.2, 0.25) is 0 Å². The first-order chi connectivity index (χ1) is 18.1. The molecule has 2 N–H and O–H groups in total. The number of aryl methyl sites for hydroxylation is 1. The smallest absolute Gasteiger partial charge is 0.396 e. The first-order valence-corrected chi connectivity index (χ1v) is 12.0. The van der Waals surface area contributed by atoms with Crippen molar-refractivity contribution >= 4 is 17.3 Å². The number of aliphatic hydroxyl groups is 1. The van der Waals surface area contributed by atoms with Crippen molar-refractivity contribution < 1.29 is 36.6 Å². The number of pyridine rings is 1. The Bertz CT molecular complexity index is 1320. The van der Waals surface area contributed by atoms with Crippen LogP contribution in [0, 0.1) is 12.7 Å². The highest BCUT2D eigenvalue weighted by atomic mass is 19.4. The Morgan fingerprint density at radius 2 is 2.00 bits per heavy atom. The molecule has 3 aromatic rings. The Hall–Kier alpha value is -3.57. The molecule has 2 heterocycles. The summed E-state index contributed by atoms with van der Waals surface area (Å²) in [7, 11) is 0. The minimum atomic E-state index is -4.70. The number of carbonyl (C=O) groups is 1. The molecule has 1 atom stereocenters. The van der Waals surface area contributed by atoms with Crippen LogP contribution in [0.25, 0.3) is 11.1 Å². The number of aromatic nitrogens is 1. The number of hydrogen-bond donors (Lipinski definition) is 2. The van der Waals surface area contributed by atoms with Crippen LogP contribution in [0.15, 0.2) is 48.7 Å². The molecule has 4 rings (SSSR count). The molecule has 1 fully saturated rings. The third-order valence-corrected chi connectivity index (χ3v) is 6.26. The predicted molar refractivity (Wildman–Crippen MR) is 132 cm³/mol. The summed E-state index contributed by atoms with van der Waals surface area (Å²) in [5.74, 6) is -1.33. The molecule has 38 heavy (non-hydrogen) atoms. The number of anilines is 2. The molecule has 1 unspecified atom stereocenters. The number of benzene rings is 2. The highest BCUT2D eigenvalue weighted by Crippen LogP contribution is 2.36. The lowest BCUT2D eigenvalue weighted by atomic mass is 9.95. The third kappa shape index (κ3) is 6.11. The average molecular weight is 536 g/mol. The molecule has 1 aliphatic rings. The summed E-state index contributed by atoms with van der Waals surface area (Å²) in [6.07, 6.45) is -4.75. The van der Waals surface area contributed by atoms with Crippen LogP contribution in [0.4, 0.5) is 33.3 Å². The van der Waals surface area contributed by atoms with Gasteiger partial charge in [0.25, 0.3) is 5.91 Å². The maximum Gasteiger partial charge on any atom is 0.433 e. The lowest BCUT2D eigenvalue weighted by Crippen LogP contribution is -2.43. The Labute approximate surface area is 216 Å². The van der Waals surface area contributed by atoms with Gasteiger partial charge in [0.15, 0.2) is 6.30 Å². The molecular weight excluding hydrogens is 509 g/mol. The van der Waals surface area contributed by atoms with Gasteiger partial charge in [-0.1, -0.05) is 6.07 Å². The lowest BCUT2D eigenvalue weighted by molar-refractivity contribution is -0.141. The standard InChI is InChI=1S/C27H26F5N3O3/c1-16-4-5-19(34-26(37)17-6-7-33-24(13-17)27(30,31)32)14-21(16)18-11-22(28)20(3-2-9-36)23(12-18)35-8-10-38-15-25(35)29/h4-7,11-14,25,36H,2-3,8-10,15H2,1H3,(H,34,37). The molecule has 1 aliphatic heterocycles. The fourth-order valence-electron chi connectivity index (χ4n) is 4.32. The fourth-order valence-corrected chi connectivity index (χ4v) is 4.32. The molecule has 202 valence electrons. The van der Waals surface area contributed by atoms with Gasteiger partial charge in [0.2, 0.25) is 0 Å². The van der Waals surface area contributed by atoms with Crippen LogP contribution in [0.3, 0.4) is 0 Å². The van der Waals surface area contributed by atoms with E-state index in [9.17, 15) is 27.5 Å². The Kier molecular flexibility index (Phi) is 8.27. The maximum absolute atomic E-state index is 15.4. The molecular formula is C27H26F5N3O3. The molecule has 2 aromatic carbocycles. The summed E-state index contributed by atoms with van der Waals surface area (Å²) in [6.45, 7) is 1.97. The Morgan fingerprint density at radius 1 is 1.21 bits per heavy atom. The number of alkyl halides is 4. The quantitative estimate of drug-likeness (QED) is 0.308. The normalized spacial score (nSPS) is 16.0. The molecule has 0 spiro atoms. The van der Waals surface area contributed by atoms with Gasteiger partial charge in [-0.15, -0.1) is 0 Å². The van der Waals surface area contributed by atoms with Gasteiger partial charge in [0.1, 0.15) is 11.5 Å². The minimum absolute atomic E-state index is 0.147. The molecule has 11 heteroatoms. The van der Waals surface area contributed by atoms with Gasteiger partial charge in [-0.25, -0.2) is 8.78 Å². The zero-order chi connectivity index (χ0) is 27.4. The lowest BCUT2D eigenvalue weighted by Gasteiger charge is -2.34. The number of rotatable bonds is 7. The highest BCUT2D eigenvalue weighted by Gasteiger charge is 2.33. The van der Waals surface area contributed by atoms with E-state index in [4.69, 9.17) is 4.74 Å². The maximum atomic E-state index is 15.4. The summed E-state index contributed by atoms with van der Waals surface area (Å²) in [4.78, 5) is 17.4. The second-order valence-electron chi connectivity index (χ2n) is 8.90. The van der Waals surface area contributed by atoms with Gasteiger partial charge >= 0.3 is 6.18 Å². The van der Waals surface area contributed by atoms with Crippen molar-refractivity contribution in [3.63, 3.8) is 0 Å². The first-order valence-electron chi connectivity index (χ1n) is 12.0. The number of morpholine rings is 1. The number of amides is 1. The number of halogens is 5. The van der Waals surface area contributed by atoms with E-state index in [0.717, 1.165) is 11.8 Å². The fraction of sp³-hybridized carbons (Fsp3) is 0.333. The summed E-state index contributed by atoms with van der Waals surface area (Å²) in [5, 5.41) is 11.8. The van der Waals surface area contributed by atoms with Gasteiger partial charge in [-0.05, 0) is 72.9 Å². The zero-order valence-electron chi connectivity index (χ0n) is 20.5. The number of carbonyl (C=O) groups excluding carboxylic acids is 1. The van der Waals surface area contributed by atoms with Crippen molar-refractivity contribution in [3.05, 3.63) is 76.9 Å². The summed E-state index contributed by atoms with van der Waals surface area (Å²) in [6, 6.07) is 9.65. The van der Waals surface area contributed by atoms with Crippen molar-refractivity contribution in [2.24, 2.45) is 0 Å². The van der Waals surface area contributed by atoms with Crippen LogP contribution >= 0.6 is 0 Å². The monoisotopic (exact) mass is 535 g/mol. The van der Waals surface area contributed by atoms with E-state index in [1.807, 2.05) is 0 Å². The number of nitrogens with one attached hydrogen (secondary N) is 1. The van der Waals surface area contributed by atoms with Gasteiger partial charge in [0.05, 0.1) is 13.2 Å². The van der Waals surface area contributed by atoms with E-state index in [1.165, 1.54) is 17.0 Å². The molecule has 1 saturated heterocycles. The van der Waals surface area contributed by atoms with Crippen molar-refractivity contribution in [3.8, 4) is 11.1 Å². The number of hydrogen-bond acceptors (Lipinski definition) is 5. The number of nitrogens with zero attached hydrogens (tertiary/aromatic N) is 2. The van der Waals surface area contributed by atoms with Crippen LogP contribution in [0.5, 0.6) is 0 Å². The van der Waals surface area contributed by atoms with Crippen LogP contribution < -0.4 is 10.2 Å². The van der Waals surface area contributed by atoms with E-state index in [1.54, 1.807) is 31.2 Å². The van der Waals surface area contributed by atoms with E-state index < -0.39 is 29.9 Å². The largest absolute Gasteiger partial charge is 0.433 e. The van der Waals surface area contributed by atoms with Crippen molar-refractivity contribution in [2.75, 3.05) is 36.6 Å². The van der Waals surface area contributed by atoms with Crippen molar-refractivity contribution in [1.82, 2.24) is 4.98 Å².